The Morgan fingerprint density at radius 2 is 1.28 bits per heavy atom. The average Bonchev–Trinajstić information content (AvgIpc) is 2.33. The molecule has 2 unspecified atom stereocenters. The molecule has 0 aromatic carbocycles. The fraction of sp³-hybridized carbons (Fsp3) is 1.00. The molecule has 2 atom stereocenters. The average molecular weight is 264 g/mol. The van der Waals surface area contributed by atoms with Gasteiger partial charge < -0.3 is 9.47 Å². The molecular weight excluding hydrogens is 238 g/mol. The van der Waals surface area contributed by atoms with Crippen molar-refractivity contribution in [3.8, 4) is 0 Å². The molecule has 2 nitrogen and oxygen atoms in total. The molecule has 0 aromatic heterocycles. The van der Waals surface area contributed by atoms with Crippen molar-refractivity contribution >= 4 is 0 Å². The van der Waals surface area contributed by atoms with Crippen LogP contribution in [-0.4, -0.2) is 17.5 Å². The second-order valence-corrected chi connectivity index (χ2v) is 7.28. The van der Waals surface area contributed by atoms with E-state index >= 15 is 8.78 Å². The standard InChI is InChI=1S/C14H26F2O2/c1-9-11(5,6)14(16)13(15,10(2,3)4)17-12(7,8)18-14/h9H2,1-8H3. The molecule has 0 amide bonds. The van der Waals surface area contributed by atoms with E-state index in [4.69, 9.17) is 9.47 Å². The molecule has 0 spiro atoms. The zero-order chi connectivity index (χ0) is 14.6. The molecule has 0 radical (unpaired) electrons. The summed E-state index contributed by atoms with van der Waals surface area (Å²) in [5.74, 6) is -6.23. The molecule has 0 bridgehead atoms. The van der Waals surface area contributed by atoms with Crippen LogP contribution >= 0.6 is 0 Å². The monoisotopic (exact) mass is 264 g/mol. The Kier molecular flexibility index (Phi) is 3.42. The summed E-state index contributed by atoms with van der Waals surface area (Å²) in [7, 11) is 0. The van der Waals surface area contributed by atoms with Gasteiger partial charge >= 0.3 is 0 Å². The van der Waals surface area contributed by atoms with Gasteiger partial charge in [-0.2, -0.15) is 0 Å². The highest BCUT2D eigenvalue weighted by atomic mass is 19.2. The molecule has 18 heavy (non-hydrogen) atoms. The topological polar surface area (TPSA) is 18.5 Å². The lowest BCUT2D eigenvalue weighted by Gasteiger charge is -2.46. The van der Waals surface area contributed by atoms with Gasteiger partial charge in [0.05, 0.1) is 0 Å². The van der Waals surface area contributed by atoms with Crippen LogP contribution in [0, 0.1) is 10.8 Å². The maximum atomic E-state index is 15.4. The number of alkyl halides is 2. The summed E-state index contributed by atoms with van der Waals surface area (Å²) in [6.45, 7) is 13.1. The Morgan fingerprint density at radius 3 is 1.61 bits per heavy atom. The highest BCUT2D eigenvalue weighted by Crippen LogP contribution is 2.61. The fourth-order valence-corrected chi connectivity index (χ4v) is 2.27. The number of rotatable bonds is 2. The Morgan fingerprint density at radius 1 is 0.889 bits per heavy atom. The third-order valence-electron chi connectivity index (χ3n) is 3.91. The molecule has 4 heteroatoms. The molecule has 108 valence electrons. The quantitative estimate of drug-likeness (QED) is 0.726. The van der Waals surface area contributed by atoms with E-state index in [0.29, 0.717) is 6.42 Å². The highest BCUT2D eigenvalue weighted by molar-refractivity contribution is 5.07. The van der Waals surface area contributed by atoms with Gasteiger partial charge in [-0.25, -0.2) is 8.78 Å². The summed E-state index contributed by atoms with van der Waals surface area (Å²) in [6, 6.07) is 0. The second kappa shape index (κ2) is 3.89. The van der Waals surface area contributed by atoms with Gasteiger partial charge in [0.15, 0.2) is 5.79 Å². The summed E-state index contributed by atoms with van der Waals surface area (Å²) in [6.07, 6.45) is 0.449. The van der Waals surface area contributed by atoms with E-state index in [9.17, 15) is 0 Å². The van der Waals surface area contributed by atoms with E-state index in [-0.39, 0.29) is 0 Å². The predicted octanol–water partition coefficient (Wildman–Crippen LogP) is 4.58. The summed E-state index contributed by atoms with van der Waals surface area (Å²) < 4.78 is 41.4. The van der Waals surface area contributed by atoms with Crippen molar-refractivity contribution in [3.05, 3.63) is 0 Å². The summed E-state index contributed by atoms with van der Waals surface area (Å²) in [5, 5.41) is 0. The van der Waals surface area contributed by atoms with E-state index in [0.717, 1.165) is 0 Å². The van der Waals surface area contributed by atoms with E-state index in [1.807, 2.05) is 6.92 Å². The molecule has 0 N–H and O–H groups in total. The smallest absolute Gasteiger partial charge is 0.276 e. The molecule has 1 aliphatic rings. The molecule has 1 rings (SSSR count). The Labute approximate surface area is 109 Å². The lowest BCUT2D eigenvalue weighted by Crippen LogP contribution is -2.60. The molecule has 1 fully saturated rings. The van der Waals surface area contributed by atoms with Crippen molar-refractivity contribution in [1.29, 1.82) is 0 Å². The number of ether oxygens (including phenoxy) is 2. The van der Waals surface area contributed by atoms with Crippen LogP contribution in [0.25, 0.3) is 0 Å². The second-order valence-electron chi connectivity index (χ2n) is 7.28. The normalized spacial score (nSPS) is 37.0. The third kappa shape index (κ3) is 1.97. The minimum atomic E-state index is -2.48. The Hall–Kier alpha value is -0.220. The first-order valence-electron chi connectivity index (χ1n) is 6.51. The van der Waals surface area contributed by atoms with Crippen LogP contribution in [-0.2, 0) is 9.47 Å². The minimum absolute atomic E-state index is 0.449. The first kappa shape index (κ1) is 15.8. The van der Waals surface area contributed by atoms with Gasteiger partial charge in [-0.1, -0.05) is 41.5 Å². The fourth-order valence-electron chi connectivity index (χ4n) is 2.27. The van der Waals surface area contributed by atoms with Gasteiger partial charge in [-0.05, 0) is 20.3 Å². The summed E-state index contributed by atoms with van der Waals surface area (Å²) >= 11 is 0. The Bertz CT molecular complexity index is 333. The number of hydrogen-bond acceptors (Lipinski definition) is 2. The van der Waals surface area contributed by atoms with Crippen LogP contribution in [0.3, 0.4) is 0 Å². The lowest BCUT2D eigenvalue weighted by atomic mass is 9.70. The molecule has 0 saturated carbocycles. The van der Waals surface area contributed by atoms with Crippen LogP contribution in [0.5, 0.6) is 0 Å². The van der Waals surface area contributed by atoms with Crippen molar-refractivity contribution in [2.24, 2.45) is 10.8 Å². The van der Waals surface area contributed by atoms with Crippen molar-refractivity contribution in [2.45, 2.75) is 79.3 Å². The van der Waals surface area contributed by atoms with Crippen LogP contribution in [0.1, 0.15) is 61.8 Å². The zero-order valence-corrected chi connectivity index (χ0v) is 12.8. The maximum absolute atomic E-state index is 15.4. The summed E-state index contributed by atoms with van der Waals surface area (Å²) in [5.41, 5.74) is -2.01. The van der Waals surface area contributed by atoms with E-state index in [2.05, 4.69) is 0 Å². The highest BCUT2D eigenvalue weighted by Gasteiger charge is 2.75. The first-order chi connectivity index (χ1) is 7.72. The van der Waals surface area contributed by atoms with Crippen LogP contribution < -0.4 is 0 Å². The molecule has 0 aromatic rings. The molecule has 1 aliphatic heterocycles. The third-order valence-corrected chi connectivity index (χ3v) is 3.91. The van der Waals surface area contributed by atoms with Crippen LogP contribution in [0.4, 0.5) is 8.78 Å². The van der Waals surface area contributed by atoms with Gasteiger partial charge in [0, 0.05) is 10.8 Å². The predicted molar refractivity (Wildman–Crippen MR) is 67.5 cm³/mol. The minimum Gasteiger partial charge on any atom is -0.309 e. The largest absolute Gasteiger partial charge is 0.309 e. The maximum Gasteiger partial charge on any atom is 0.276 e. The SMILES string of the molecule is CCC(C)(C)C1(F)OC(C)(C)OC1(F)C(C)(C)C. The van der Waals surface area contributed by atoms with Gasteiger partial charge in [-0.3, -0.25) is 0 Å². The van der Waals surface area contributed by atoms with Gasteiger partial charge in [0.25, 0.3) is 11.7 Å². The Balaban J connectivity index is 3.40. The van der Waals surface area contributed by atoms with Crippen molar-refractivity contribution in [1.82, 2.24) is 0 Å². The van der Waals surface area contributed by atoms with Crippen LogP contribution in [0.2, 0.25) is 0 Å². The molecule has 1 heterocycles. The van der Waals surface area contributed by atoms with E-state index in [1.54, 1.807) is 48.5 Å². The van der Waals surface area contributed by atoms with Gasteiger partial charge in [-0.15, -0.1) is 0 Å². The first-order valence-corrected chi connectivity index (χ1v) is 6.51. The molecular formula is C14H26F2O2. The van der Waals surface area contributed by atoms with E-state index in [1.165, 1.54) is 0 Å². The number of halogens is 2. The molecule has 0 aliphatic carbocycles. The van der Waals surface area contributed by atoms with Crippen molar-refractivity contribution < 1.29 is 18.3 Å². The van der Waals surface area contributed by atoms with Gasteiger partial charge in [0.2, 0.25) is 0 Å². The van der Waals surface area contributed by atoms with Crippen molar-refractivity contribution in [2.75, 3.05) is 0 Å². The lowest BCUT2D eigenvalue weighted by molar-refractivity contribution is -0.304. The van der Waals surface area contributed by atoms with E-state index < -0.39 is 28.3 Å². The van der Waals surface area contributed by atoms with Crippen LogP contribution in [0.15, 0.2) is 0 Å². The number of hydrogen-bond donors (Lipinski definition) is 0. The zero-order valence-electron chi connectivity index (χ0n) is 12.8. The molecule has 1 saturated heterocycles. The van der Waals surface area contributed by atoms with Gasteiger partial charge in [0.1, 0.15) is 0 Å². The summed E-state index contributed by atoms with van der Waals surface area (Å²) in [4.78, 5) is 0. The van der Waals surface area contributed by atoms with Crippen molar-refractivity contribution in [3.63, 3.8) is 0 Å².